The molecule has 1 rings (SSSR count). The number of nitrogens with zero attached hydrogens (tertiary/aromatic N) is 1. The first-order valence-corrected chi connectivity index (χ1v) is 3.60. The van der Waals surface area contributed by atoms with Gasteiger partial charge in [-0.1, -0.05) is 11.6 Å². The molecular weight excluding hydrogens is 150 g/mol. The van der Waals surface area contributed by atoms with E-state index in [1.165, 1.54) is 0 Å². The summed E-state index contributed by atoms with van der Waals surface area (Å²) >= 11 is 5.72. The van der Waals surface area contributed by atoms with Crippen molar-refractivity contribution in [1.29, 1.82) is 0 Å². The molecule has 3 N–H and O–H groups in total. The third-order valence-corrected chi connectivity index (χ3v) is 1.64. The lowest BCUT2D eigenvalue weighted by molar-refractivity contribution is 0.833. The molecule has 0 aliphatic rings. The summed E-state index contributed by atoms with van der Waals surface area (Å²) in [5.41, 5.74) is 6.37. The molecule has 1 heterocycles. The van der Waals surface area contributed by atoms with Crippen molar-refractivity contribution in [1.82, 2.24) is 10.2 Å². The van der Waals surface area contributed by atoms with Gasteiger partial charge in [0.25, 0.3) is 0 Å². The maximum absolute atomic E-state index is 5.72. The van der Waals surface area contributed by atoms with Gasteiger partial charge in [0.15, 0.2) is 0 Å². The van der Waals surface area contributed by atoms with Crippen molar-refractivity contribution in [3.05, 3.63) is 16.9 Å². The summed E-state index contributed by atoms with van der Waals surface area (Å²) in [6.07, 6.45) is 3.60. The van der Waals surface area contributed by atoms with Crippen LogP contribution in [0.3, 0.4) is 0 Å². The van der Waals surface area contributed by atoms with Gasteiger partial charge in [0.05, 0.1) is 6.20 Å². The van der Waals surface area contributed by atoms with Gasteiger partial charge in [0.1, 0.15) is 5.15 Å². The molecule has 0 radical (unpaired) electrons. The highest BCUT2D eigenvalue weighted by Crippen LogP contribution is 2.11. The van der Waals surface area contributed by atoms with E-state index >= 15 is 0 Å². The van der Waals surface area contributed by atoms with Gasteiger partial charge in [-0.25, -0.2) is 0 Å². The van der Waals surface area contributed by atoms with Gasteiger partial charge in [-0.3, -0.25) is 5.10 Å². The number of hydrogen-bond donors (Lipinski definition) is 2. The van der Waals surface area contributed by atoms with E-state index in [0.29, 0.717) is 11.7 Å². The monoisotopic (exact) mass is 159 g/mol. The molecule has 0 aliphatic heterocycles. The fourth-order valence-electron chi connectivity index (χ4n) is 0.762. The molecule has 0 aromatic carbocycles. The van der Waals surface area contributed by atoms with E-state index in [0.717, 1.165) is 18.4 Å². The smallest absolute Gasteiger partial charge is 0.127 e. The van der Waals surface area contributed by atoms with E-state index < -0.39 is 0 Å². The SMILES string of the molecule is NCCCc1cn[nH]c1Cl. The maximum Gasteiger partial charge on any atom is 0.127 e. The summed E-state index contributed by atoms with van der Waals surface area (Å²) in [4.78, 5) is 0. The lowest BCUT2D eigenvalue weighted by Gasteiger charge is -1.92. The van der Waals surface area contributed by atoms with E-state index in [-0.39, 0.29) is 0 Å². The average Bonchev–Trinajstić information content (AvgIpc) is 2.31. The van der Waals surface area contributed by atoms with E-state index in [1.54, 1.807) is 6.20 Å². The Labute approximate surface area is 64.6 Å². The van der Waals surface area contributed by atoms with Crippen molar-refractivity contribution >= 4 is 11.6 Å². The second kappa shape index (κ2) is 3.58. The molecule has 0 aliphatic carbocycles. The third-order valence-electron chi connectivity index (χ3n) is 1.32. The van der Waals surface area contributed by atoms with Gasteiger partial charge in [-0.2, -0.15) is 5.10 Å². The highest BCUT2D eigenvalue weighted by Gasteiger charge is 1.99. The molecule has 1 aromatic heterocycles. The predicted octanol–water partition coefficient (Wildman–Crippen LogP) is 0.954. The van der Waals surface area contributed by atoms with Crippen molar-refractivity contribution < 1.29 is 0 Å². The maximum atomic E-state index is 5.72. The molecule has 3 nitrogen and oxygen atoms in total. The number of aryl methyl sites for hydroxylation is 1. The zero-order valence-corrected chi connectivity index (χ0v) is 6.36. The van der Waals surface area contributed by atoms with Gasteiger partial charge < -0.3 is 5.73 Å². The molecule has 0 amide bonds. The van der Waals surface area contributed by atoms with Crippen LogP contribution in [-0.2, 0) is 6.42 Å². The fraction of sp³-hybridized carbons (Fsp3) is 0.500. The first-order chi connectivity index (χ1) is 4.84. The standard InChI is InChI=1S/C6H10ClN3/c7-6-5(2-1-3-8)4-9-10-6/h4H,1-3,8H2,(H,9,10). The molecule has 0 spiro atoms. The average molecular weight is 160 g/mol. The largest absolute Gasteiger partial charge is 0.330 e. The van der Waals surface area contributed by atoms with Crippen molar-refractivity contribution in [2.24, 2.45) is 5.73 Å². The molecule has 10 heavy (non-hydrogen) atoms. The summed E-state index contributed by atoms with van der Waals surface area (Å²) in [5, 5.41) is 7.06. The third kappa shape index (κ3) is 1.72. The van der Waals surface area contributed by atoms with Crippen LogP contribution in [0, 0.1) is 0 Å². The second-order valence-corrected chi connectivity index (χ2v) is 2.48. The summed E-state index contributed by atoms with van der Waals surface area (Å²) in [6.45, 7) is 0.696. The van der Waals surface area contributed by atoms with E-state index in [4.69, 9.17) is 17.3 Å². The number of nitrogens with one attached hydrogen (secondary N) is 1. The molecule has 1 aromatic rings. The van der Waals surface area contributed by atoms with Crippen LogP contribution in [0.1, 0.15) is 12.0 Å². The highest BCUT2D eigenvalue weighted by atomic mass is 35.5. The van der Waals surface area contributed by atoms with Crippen molar-refractivity contribution in [3.63, 3.8) is 0 Å². The van der Waals surface area contributed by atoms with Gasteiger partial charge in [0.2, 0.25) is 0 Å². The van der Waals surface area contributed by atoms with Crippen LogP contribution < -0.4 is 5.73 Å². The zero-order valence-electron chi connectivity index (χ0n) is 5.60. The van der Waals surface area contributed by atoms with Crippen LogP contribution in [-0.4, -0.2) is 16.7 Å². The molecule has 0 unspecified atom stereocenters. The van der Waals surface area contributed by atoms with Gasteiger partial charge in [-0.05, 0) is 19.4 Å². The lowest BCUT2D eigenvalue weighted by atomic mass is 10.2. The fourth-order valence-corrected chi connectivity index (χ4v) is 0.954. The minimum Gasteiger partial charge on any atom is -0.330 e. The van der Waals surface area contributed by atoms with E-state index in [9.17, 15) is 0 Å². The summed E-state index contributed by atoms with van der Waals surface area (Å²) in [6, 6.07) is 0. The first-order valence-electron chi connectivity index (χ1n) is 3.22. The molecule has 0 bridgehead atoms. The normalized spacial score (nSPS) is 10.2. The first kappa shape index (κ1) is 7.57. The van der Waals surface area contributed by atoms with E-state index in [2.05, 4.69) is 10.2 Å². The Morgan fingerprint density at radius 1 is 1.70 bits per heavy atom. The van der Waals surface area contributed by atoms with Crippen LogP contribution >= 0.6 is 11.6 Å². The zero-order chi connectivity index (χ0) is 7.40. The number of hydrogen-bond acceptors (Lipinski definition) is 2. The number of aromatic nitrogens is 2. The number of aromatic amines is 1. The van der Waals surface area contributed by atoms with E-state index in [1.807, 2.05) is 0 Å². The van der Waals surface area contributed by atoms with Crippen molar-refractivity contribution in [2.45, 2.75) is 12.8 Å². The molecule has 4 heteroatoms. The van der Waals surface area contributed by atoms with Crippen molar-refractivity contribution in [3.8, 4) is 0 Å². The van der Waals surface area contributed by atoms with Crippen LogP contribution in [0.2, 0.25) is 5.15 Å². The van der Waals surface area contributed by atoms with Gasteiger partial charge in [0, 0.05) is 5.56 Å². The summed E-state index contributed by atoms with van der Waals surface area (Å²) in [5.74, 6) is 0. The Kier molecular flexibility index (Phi) is 2.71. The molecule has 0 saturated carbocycles. The van der Waals surface area contributed by atoms with Crippen LogP contribution in [0.25, 0.3) is 0 Å². The summed E-state index contributed by atoms with van der Waals surface area (Å²) < 4.78 is 0. The highest BCUT2D eigenvalue weighted by molar-refractivity contribution is 6.30. The Morgan fingerprint density at radius 3 is 3.00 bits per heavy atom. The Bertz CT molecular complexity index is 197. The lowest BCUT2D eigenvalue weighted by Crippen LogP contribution is -1.99. The minimum absolute atomic E-state index is 0.633. The molecule has 56 valence electrons. The molecular formula is C6H10ClN3. The Balaban J connectivity index is 2.49. The summed E-state index contributed by atoms with van der Waals surface area (Å²) in [7, 11) is 0. The Hall–Kier alpha value is -0.540. The molecule has 0 fully saturated rings. The topological polar surface area (TPSA) is 54.7 Å². The van der Waals surface area contributed by atoms with Crippen molar-refractivity contribution in [2.75, 3.05) is 6.54 Å². The number of H-pyrrole nitrogens is 1. The molecule has 0 saturated heterocycles. The van der Waals surface area contributed by atoms with Crippen LogP contribution in [0.4, 0.5) is 0 Å². The number of halogens is 1. The second-order valence-electron chi connectivity index (χ2n) is 2.10. The number of rotatable bonds is 3. The molecule has 0 atom stereocenters. The minimum atomic E-state index is 0.633. The number of nitrogens with two attached hydrogens (primary N) is 1. The van der Waals surface area contributed by atoms with Crippen LogP contribution in [0.5, 0.6) is 0 Å². The Morgan fingerprint density at radius 2 is 2.50 bits per heavy atom. The van der Waals surface area contributed by atoms with Gasteiger partial charge >= 0.3 is 0 Å². The quantitative estimate of drug-likeness (QED) is 0.690. The van der Waals surface area contributed by atoms with Crippen LogP contribution in [0.15, 0.2) is 6.20 Å². The predicted molar refractivity (Wildman–Crippen MR) is 41.0 cm³/mol. The van der Waals surface area contributed by atoms with Gasteiger partial charge in [-0.15, -0.1) is 0 Å².